The largest absolute Gasteiger partial charge is 0.497 e. The second kappa shape index (κ2) is 4.01. The van der Waals surface area contributed by atoms with Gasteiger partial charge in [-0.2, -0.15) is 0 Å². The molecule has 0 heterocycles. The van der Waals surface area contributed by atoms with Gasteiger partial charge in [-0.15, -0.1) is 0 Å². The lowest BCUT2D eigenvalue weighted by atomic mass is 10.2. The molecular weight excluding hydrogens is 218 g/mol. The minimum absolute atomic E-state index is 0.105. The first-order valence-corrected chi connectivity index (χ1v) is 4.18. The number of nitrogens with zero attached hydrogens (tertiary/aromatic N) is 3. The zero-order chi connectivity index (χ0) is 12.5. The Bertz CT molecular complexity index is 457. The summed E-state index contributed by atoms with van der Waals surface area (Å²) in [5.41, 5.74) is -1.25. The Morgan fingerprint density at radius 3 is 2.12 bits per heavy atom. The molecule has 0 atom stereocenters. The van der Waals surface area contributed by atoms with E-state index in [0.717, 1.165) is 6.07 Å². The molecule has 0 aliphatic rings. The maximum atomic E-state index is 10.7. The second-order valence-electron chi connectivity index (χ2n) is 3.21. The minimum Gasteiger partial charge on any atom is -0.497 e. The number of phenolic OH excluding ortho intramolecular Hbond substituents is 1. The molecule has 0 saturated heterocycles. The molecule has 16 heavy (non-hydrogen) atoms. The summed E-state index contributed by atoms with van der Waals surface area (Å²) in [6.07, 6.45) is 0. The van der Waals surface area contributed by atoms with Gasteiger partial charge in [-0.1, -0.05) is 0 Å². The summed E-state index contributed by atoms with van der Waals surface area (Å²) in [6, 6.07) is 2.24. The Morgan fingerprint density at radius 2 is 1.75 bits per heavy atom. The van der Waals surface area contributed by atoms with E-state index in [1.807, 2.05) is 0 Å². The van der Waals surface area contributed by atoms with Gasteiger partial charge < -0.3 is 10.0 Å². The first kappa shape index (κ1) is 11.7. The summed E-state index contributed by atoms with van der Waals surface area (Å²) in [6.45, 7) is 0. The zero-order valence-electron chi connectivity index (χ0n) is 8.58. The van der Waals surface area contributed by atoms with Crippen LogP contribution in [-0.4, -0.2) is 29.0 Å². The number of phenols is 1. The summed E-state index contributed by atoms with van der Waals surface area (Å²) in [5, 5.41) is 30.7. The van der Waals surface area contributed by atoms with Gasteiger partial charge in [0, 0.05) is 20.2 Å². The van der Waals surface area contributed by atoms with Crippen LogP contribution in [0, 0.1) is 20.2 Å². The molecule has 1 N–H and O–H groups in total. The Hall–Kier alpha value is -2.38. The van der Waals surface area contributed by atoms with Crippen molar-refractivity contribution in [2.75, 3.05) is 19.0 Å². The Balaban J connectivity index is 3.54. The van der Waals surface area contributed by atoms with Crippen LogP contribution in [-0.2, 0) is 0 Å². The molecule has 1 aromatic rings. The van der Waals surface area contributed by atoms with E-state index in [9.17, 15) is 25.3 Å². The zero-order valence-corrected chi connectivity index (χ0v) is 8.58. The topological polar surface area (TPSA) is 110 Å². The van der Waals surface area contributed by atoms with Gasteiger partial charge in [-0.3, -0.25) is 20.2 Å². The number of anilines is 1. The van der Waals surface area contributed by atoms with Gasteiger partial charge in [-0.05, 0) is 6.07 Å². The highest BCUT2D eigenvalue weighted by molar-refractivity contribution is 5.74. The van der Waals surface area contributed by atoms with Crippen molar-refractivity contribution in [2.24, 2.45) is 0 Å². The lowest BCUT2D eigenvalue weighted by Crippen LogP contribution is -2.11. The van der Waals surface area contributed by atoms with Crippen molar-refractivity contribution in [1.82, 2.24) is 0 Å². The van der Waals surface area contributed by atoms with Crippen LogP contribution in [0.4, 0.5) is 17.1 Å². The van der Waals surface area contributed by atoms with Crippen molar-refractivity contribution in [3.63, 3.8) is 0 Å². The van der Waals surface area contributed by atoms with E-state index in [-0.39, 0.29) is 5.69 Å². The van der Waals surface area contributed by atoms with E-state index in [2.05, 4.69) is 0 Å². The molecular formula is C8H9N3O5. The highest BCUT2D eigenvalue weighted by Crippen LogP contribution is 2.41. The number of hydrogen-bond donors (Lipinski definition) is 1. The van der Waals surface area contributed by atoms with Crippen LogP contribution in [0.2, 0.25) is 0 Å². The molecule has 8 heteroatoms. The maximum absolute atomic E-state index is 10.7. The predicted molar refractivity (Wildman–Crippen MR) is 55.7 cm³/mol. The van der Waals surface area contributed by atoms with Gasteiger partial charge in [0.2, 0.25) is 0 Å². The Morgan fingerprint density at radius 1 is 1.19 bits per heavy atom. The average Bonchev–Trinajstić information content (AvgIpc) is 2.15. The fourth-order valence-corrected chi connectivity index (χ4v) is 1.25. The van der Waals surface area contributed by atoms with Crippen LogP contribution in [0.5, 0.6) is 5.75 Å². The number of hydrogen-bond acceptors (Lipinski definition) is 6. The summed E-state index contributed by atoms with van der Waals surface area (Å²) in [5.74, 6) is -0.929. The molecule has 0 saturated carbocycles. The van der Waals surface area contributed by atoms with Gasteiger partial charge in [0.15, 0.2) is 0 Å². The van der Waals surface area contributed by atoms with Gasteiger partial charge in [0.05, 0.1) is 9.85 Å². The summed E-state index contributed by atoms with van der Waals surface area (Å²) >= 11 is 0. The van der Waals surface area contributed by atoms with E-state index in [1.54, 1.807) is 0 Å². The lowest BCUT2D eigenvalue weighted by Gasteiger charge is -2.12. The predicted octanol–water partition coefficient (Wildman–Crippen LogP) is 1.27. The highest BCUT2D eigenvalue weighted by atomic mass is 16.6. The van der Waals surface area contributed by atoms with E-state index >= 15 is 0 Å². The number of rotatable bonds is 3. The number of aromatic hydroxyl groups is 1. The third-order valence-electron chi connectivity index (χ3n) is 1.97. The standard InChI is InChI=1S/C8H9N3O5/c1-9(2)5-3-4-6(10(13)14)8(12)7(5)11(15)16/h3-4,12H,1-2H3. The normalized spacial score (nSPS) is 9.88. The Labute approximate surface area is 90.0 Å². The fourth-order valence-electron chi connectivity index (χ4n) is 1.25. The average molecular weight is 227 g/mol. The number of benzene rings is 1. The van der Waals surface area contributed by atoms with Crippen LogP contribution in [0.1, 0.15) is 0 Å². The van der Waals surface area contributed by atoms with E-state index in [0.29, 0.717) is 0 Å². The fraction of sp³-hybridized carbons (Fsp3) is 0.250. The molecule has 0 aliphatic carbocycles. The van der Waals surface area contributed by atoms with Crippen molar-refractivity contribution in [2.45, 2.75) is 0 Å². The molecule has 0 amide bonds. The van der Waals surface area contributed by atoms with Crippen LogP contribution in [0.25, 0.3) is 0 Å². The first-order valence-electron chi connectivity index (χ1n) is 4.18. The molecule has 0 aromatic heterocycles. The number of nitro benzene ring substituents is 2. The lowest BCUT2D eigenvalue weighted by molar-refractivity contribution is -0.395. The van der Waals surface area contributed by atoms with Gasteiger partial charge in [0.25, 0.3) is 5.75 Å². The molecule has 0 spiro atoms. The van der Waals surface area contributed by atoms with Crippen LogP contribution < -0.4 is 4.90 Å². The van der Waals surface area contributed by atoms with Crippen LogP contribution in [0.3, 0.4) is 0 Å². The molecule has 1 aromatic carbocycles. The van der Waals surface area contributed by atoms with E-state index in [4.69, 9.17) is 0 Å². The van der Waals surface area contributed by atoms with E-state index < -0.39 is 27.0 Å². The van der Waals surface area contributed by atoms with Crippen molar-refractivity contribution < 1.29 is 15.0 Å². The summed E-state index contributed by atoms with van der Waals surface area (Å²) in [4.78, 5) is 20.9. The minimum atomic E-state index is -0.929. The molecule has 0 aliphatic heterocycles. The molecule has 0 bridgehead atoms. The van der Waals surface area contributed by atoms with Crippen molar-refractivity contribution in [1.29, 1.82) is 0 Å². The van der Waals surface area contributed by atoms with Crippen molar-refractivity contribution in [3.8, 4) is 5.75 Å². The van der Waals surface area contributed by atoms with Crippen molar-refractivity contribution in [3.05, 3.63) is 32.4 Å². The van der Waals surface area contributed by atoms with Crippen LogP contribution >= 0.6 is 0 Å². The maximum Gasteiger partial charge on any atom is 0.341 e. The monoisotopic (exact) mass is 227 g/mol. The molecule has 0 fully saturated rings. The third kappa shape index (κ3) is 1.85. The summed E-state index contributed by atoms with van der Waals surface area (Å²) < 4.78 is 0. The second-order valence-corrected chi connectivity index (χ2v) is 3.21. The molecule has 0 unspecified atom stereocenters. The molecule has 86 valence electrons. The first-order chi connectivity index (χ1) is 7.36. The van der Waals surface area contributed by atoms with Gasteiger partial charge in [-0.25, -0.2) is 0 Å². The SMILES string of the molecule is CN(C)c1ccc([N+](=O)[O-])c(O)c1[N+](=O)[O-]. The molecule has 0 radical (unpaired) electrons. The van der Waals surface area contributed by atoms with Crippen LogP contribution in [0.15, 0.2) is 12.1 Å². The van der Waals surface area contributed by atoms with Crippen molar-refractivity contribution >= 4 is 17.1 Å². The highest BCUT2D eigenvalue weighted by Gasteiger charge is 2.29. The quantitative estimate of drug-likeness (QED) is 0.615. The Kier molecular flexibility index (Phi) is 2.93. The smallest absolute Gasteiger partial charge is 0.341 e. The molecule has 1 rings (SSSR count). The number of nitro groups is 2. The summed E-state index contributed by atoms with van der Waals surface area (Å²) in [7, 11) is 3.07. The van der Waals surface area contributed by atoms with Gasteiger partial charge >= 0.3 is 11.4 Å². The molecule has 8 nitrogen and oxygen atoms in total. The third-order valence-corrected chi connectivity index (χ3v) is 1.97. The van der Waals surface area contributed by atoms with Gasteiger partial charge in [0.1, 0.15) is 5.69 Å². The van der Waals surface area contributed by atoms with E-state index in [1.165, 1.54) is 25.1 Å².